The van der Waals surface area contributed by atoms with E-state index in [1.807, 2.05) is 6.07 Å². The third-order valence-electron chi connectivity index (χ3n) is 4.27. The van der Waals surface area contributed by atoms with Crippen LogP contribution in [0.3, 0.4) is 0 Å². The fourth-order valence-electron chi connectivity index (χ4n) is 2.94. The maximum Gasteiger partial charge on any atom is 0.255 e. The first-order chi connectivity index (χ1) is 12.4. The van der Waals surface area contributed by atoms with E-state index in [1.54, 1.807) is 35.2 Å². The van der Waals surface area contributed by atoms with Gasteiger partial charge in [0.2, 0.25) is 0 Å². The van der Waals surface area contributed by atoms with Crippen molar-refractivity contribution < 1.29 is 9.53 Å². The van der Waals surface area contributed by atoms with Gasteiger partial charge < -0.3 is 9.64 Å². The molecule has 0 aromatic heterocycles. The SMILES string of the molecule is O=C(c1ccc(Cl)cc1Cl)N(Cc1ccc(Cl)cc1Cl)CC1CCCO1. The first-order valence-electron chi connectivity index (χ1n) is 8.24. The van der Waals surface area contributed by atoms with Crippen molar-refractivity contribution in [3.05, 3.63) is 67.6 Å². The first-order valence-corrected chi connectivity index (χ1v) is 9.75. The standard InChI is InChI=1S/C19H17Cl4NO2/c20-13-4-3-12(17(22)8-13)10-24(11-15-2-1-7-26-15)19(25)16-6-5-14(21)9-18(16)23/h3-6,8-9,15H,1-2,7,10-11H2. The van der Waals surface area contributed by atoms with Gasteiger partial charge >= 0.3 is 0 Å². The predicted octanol–water partition coefficient (Wildman–Crippen LogP) is 6.12. The highest BCUT2D eigenvalue weighted by atomic mass is 35.5. The van der Waals surface area contributed by atoms with Gasteiger partial charge in [-0.15, -0.1) is 0 Å². The van der Waals surface area contributed by atoms with Gasteiger partial charge in [-0.3, -0.25) is 4.79 Å². The first kappa shape index (κ1) is 19.8. The molecule has 0 radical (unpaired) electrons. The van der Waals surface area contributed by atoms with Crippen LogP contribution in [-0.4, -0.2) is 30.1 Å². The Balaban J connectivity index is 1.87. The van der Waals surface area contributed by atoms with E-state index in [-0.39, 0.29) is 12.0 Å². The molecule has 3 rings (SSSR count). The van der Waals surface area contributed by atoms with Crippen molar-refractivity contribution in [2.24, 2.45) is 0 Å². The Morgan fingerprint density at radius 3 is 2.35 bits per heavy atom. The Morgan fingerprint density at radius 2 is 1.73 bits per heavy atom. The van der Waals surface area contributed by atoms with Crippen molar-refractivity contribution in [3.63, 3.8) is 0 Å². The normalized spacial score (nSPS) is 16.7. The molecule has 0 saturated carbocycles. The minimum Gasteiger partial charge on any atom is -0.376 e. The van der Waals surface area contributed by atoms with Gasteiger partial charge in [0.05, 0.1) is 16.7 Å². The summed E-state index contributed by atoms with van der Waals surface area (Å²) in [6, 6.07) is 10.1. The molecule has 1 heterocycles. The van der Waals surface area contributed by atoms with Gasteiger partial charge in [0, 0.05) is 34.8 Å². The third kappa shape index (κ3) is 4.85. The molecule has 1 unspecified atom stereocenters. The number of ether oxygens (including phenoxy) is 1. The summed E-state index contributed by atoms with van der Waals surface area (Å²) in [5.41, 5.74) is 1.21. The molecule has 7 heteroatoms. The summed E-state index contributed by atoms with van der Waals surface area (Å²) >= 11 is 24.4. The lowest BCUT2D eigenvalue weighted by Gasteiger charge is -2.26. The second-order valence-corrected chi connectivity index (χ2v) is 7.87. The third-order valence-corrected chi connectivity index (χ3v) is 5.41. The van der Waals surface area contributed by atoms with Crippen LogP contribution in [0.25, 0.3) is 0 Å². The van der Waals surface area contributed by atoms with E-state index in [0.29, 0.717) is 38.7 Å². The summed E-state index contributed by atoms with van der Waals surface area (Å²) in [6.45, 7) is 1.53. The number of carbonyl (C=O) groups is 1. The highest BCUT2D eigenvalue weighted by molar-refractivity contribution is 6.37. The summed E-state index contributed by atoms with van der Waals surface area (Å²) in [6.07, 6.45) is 1.93. The molecule has 3 nitrogen and oxygen atoms in total. The smallest absolute Gasteiger partial charge is 0.255 e. The molecule has 26 heavy (non-hydrogen) atoms. The number of rotatable bonds is 5. The van der Waals surface area contributed by atoms with E-state index in [4.69, 9.17) is 51.1 Å². The highest BCUT2D eigenvalue weighted by Crippen LogP contribution is 2.27. The van der Waals surface area contributed by atoms with Crippen molar-refractivity contribution in [2.75, 3.05) is 13.2 Å². The van der Waals surface area contributed by atoms with E-state index in [2.05, 4.69) is 0 Å². The van der Waals surface area contributed by atoms with Gasteiger partial charge in [-0.1, -0.05) is 52.5 Å². The van der Waals surface area contributed by atoms with E-state index in [9.17, 15) is 4.79 Å². The Labute approximate surface area is 172 Å². The van der Waals surface area contributed by atoms with Crippen LogP contribution in [0.2, 0.25) is 20.1 Å². The van der Waals surface area contributed by atoms with E-state index < -0.39 is 0 Å². The largest absolute Gasteiger partial charge is 0.376 e. The maximum atomic E-state index is 13.1. The molecule has 1 aliphatic heterocycles. The lowest BCUT2D eigenvalue weighted by Crippen LogP contribution is -2.37. The summed E-state index contributed by atoms with van der Waals surface area (Å²) < 4.78 is 5.70. The van der Waals surface area contributed by atoms with E-state index in [1.165, 1.54) is 0 Å². The fourth-order valence-corrected chi connectivity index (χ4v) is 3.90. The van der Waals surface area contributed by atoms with Gasteiger partial charge in [-0.25, -0.2) is 0 Å². The zero-order valence-corrected chi connectivity index (χ0v) is 16.9. The van der Waals surface area contributed by atoms with Gasteiger partial charge in [0.1, 0.15) is 0 Å². The van der Waals surface area contributed by atoms with Crippen LogP contribution in [0.5, 0.6) is 0 Å². The zero-order valence-electron chi connectivity index (χ0n) is 13.9. The van der Waals surface area contributed by atoms with Crippen molar-refractivity contribution in [1.82, 2.24) is 4.90 Å². The number of hydrogen-bond acceptors (Lipinski definition) is 2. The molecule has 0 N–H and O–H groups in total. The number of nitrogens with zero attached hydrogens (tertiary/aromatic N) is 1. The van der Waals surface area contributed by atoms with Crippen molar-refractivity contribution in [1.29, 1.82) is 0 Å². The summed E-state index contributed by atoms with van der Waals surface area (Å²) in [5, 5.41) is 1.88. The number of halogens is 4. The summed E-state index contributed by atoms with van der Waals surface area (Å²) in [7, 11) is 0. The van der Waals surface area contributed by atoms with Crippen molar-refractivity contribution in [2.45, 2.75) is 25.5 Å². The highest BCUT2D eigenvalue weighted by Gasteiger charge is 2.25. The van der Waals surface area contributed by atoms with Gasteiger partial charge in [-0.05, 0) is 48.7 Å². The molecular weight excluding hydrogens is 416 g/mol. The molecule has 2 aromatic carbocycles. The monoisotopic (exact) mass is 431 g/mol. The van der Waals surface area contributed by atoms with E-state index >= 15 is 0 Å². The molecule has 1 aliphatic rings. The molecule has 1 saturated heterocycles. The Morgan fingerprint density at radius 1 is 1.04 bits per heavy atom. The van der Waals surface area contributed by atoms with Crippen LogP contribution in [0.1, 0.15) is 28.8 Å². The molecule has 138 valence electrons. The van der Waals surface area contributed by atoms with E-state index in [0.717, 1.165) is 25.0 Å². The lowest BCUT2D eigenvalue weighted by molar-refractivity contribution is 0.0507. The van der Waals surface area contributed by atoms with Crippen molar-refractivity contribution >= 4 is 52.3 Å². The molecule has 1 amide bonds. The van der Waals surface area contributed by atoms with Crippen LogP contribution in [0.15, 0.2) is 36.4 Å². The number of benzene rings is 2. The minimum absolute atomic E-state index is 0.0103. The molecule has 1 fully saturated rings. The minimum atomic E-state index is -0.187. The summed E-state index contributed by atoms with van der Waals surface area (Å²) in [5.74, 6) is -0.187. The zero-order chi connectivity index (χ0) is 18.7. The van der Waals surface area contributed by atoms with Gasteiger partial charge in [0.15, 0.2) is 0 Å². The molecule has 0 aliphatic carbocycles. The van der Waals surface area contributed by atoms with Gasteiger partial charge in [-0.2, -0.15) is 0 Å². The van der Waals surface area contributed by atoms with Crippen LogP contribution in [-0.2, 0) is 11.3 Å². The molecule has 0 spiro atoms. The molecular formula is C19H17Cl4NO2. The molecule has 0 bridgehead atoms. The number of carbonyl (C=O) groups excluding carboxylic acids is 1. The average molecular weight is 433 g/mol. The van der Waals surface area contributed by atoms with Crippen LogP contribution in [0.4, 0.5) is 0 Å². The Kier molecular flexibility index (Phi) is 6.70. The average Bonchev–Trinajstić information content (AvgIpc) is 3.09. The lowest BCUT2D eigenvalue weighted by atomic mass is 10.1. The van der Waals surface area contributed by atoms with Gasteiger partial charge in [0.25, 0.3) is 5.91 Å². The topological polar surface area (TPSA) is 29.5 Å². The molecule has 2 aromatic rings. The Bertz CT molecular complexity index is 806. The second kappa shape index (κ2) is 8.81. The predicted molar refractivity (Wildman–Crippen MR) is 107 cm³/mol. The fraction of sp³-hybridized carbons (Fsp3) is 0.316. The number of amides is 1. The second-order valence-electron chi connectivity index (χ2n) is 6.18. The summed E-state index contributed by atoms with van der Waals surface area (Å²) in [4.78, 5) is 14.8. The maximum absolute atomic E-state index is 13.1. The quantitative estimate of drug-likeness (QED) is 0.569. The van der Waals surface area contributed by atoms with Crippen molar-refractivity contribution in [3.8, 4) is 0 Å². The number of hydrogen-bond donors (Lipinski definition) is 0. The van der Waals surface area contributed by atoms with Crippen LogP contribution >= 0.6 is 46.4 Å². The Hall–Kier alpha value is -0.970. The van der Waals surface area contributed by atoms with Crippen LogP contribution in [0, 0.1) is 0 Å². The molecule has 1 atom stereocenters. The van der Waals surface area contributed by atoms with Crippen LogP contribution < -0.4 is 0 Å².